The first-order valence-electron chi connectivity index (χ1n) is 3.95. The molecule has 0 saturated heterocycles. The van der Waals surface area contributed by atoms with Gasteiger partial charge in [0.05, 0.1) is 17.0 Å². The predicted octanol–water partition coefficient (Wildman–Crippen LogP) is 2.15. The van der Waals surface area contributed by atoms with E-state index >= 15 is 0 Å². The van der Waals surface area contributed by atoms with Crippen molar-refractivity contribution < 1.29 is 9.90 Å². The molecule has 4 heteroatoms. The van der Waals surface area contributed by atoms with E-state index in [1.165, 1.54) is 6.07 Å². The normalized spacial score (nSPS) is 9.50. The number of nitrogens with zero attached hydrogens (tertiary/aromatic N) is 1. The Bertz CT molecular complexity index is 421. The van der Waals surface area contributed by atoms with Gasteiger partial charge in [0.25, 0.3) is 0 Å². The van der Waals surface area contributed by atoms with E-state index in [0.717, 1.165) is 5.56 Å². The van der Waals surface area contributed by atoms with Crippen LogP contribution in [0.4, 0.5) is 0 Å². The van der Waals surface area contributed by atoms with Crippen molar-refractivity contribution in [2.75, 3.05) is 0 Å². The summed E-state index contributed by atoms with van der Waals surface area (Å²) in [7, 11) is 0. The Hall–Kier alpha value is -1.53. The van der Waals surface area contributed by atoms with Crippen LogP contribution in [0.3, 0.4) is 0 Å². The summed E-state index contributed by atoms with van der Waals surface area (Å²) in [5, 5.41) is 17.7. The lowest BCUT2D eigenvalue weighted by molar-refractivity contribution is -0.136. The van der Waals surface area contributed by atoms with Crippen LogP contribution in [-0.2, 0) is 11.2 Å². The van der Waals surface area contributed by atoms with Crippen molar-refractivity contribution in [1.82, 2.24) is 0 Å². The summed E-state index contributed by atoms with van der Waals surface area (Å²) in [6.45, 7) is 1.77. The monoisotopic (exact) mass is 209 g/mol. The molecule has 3 nitrogen and oxygen atoms in total. The van der Waals surface area contributed by atoms with E-state index in [-0.39, 0.29) is 6.42 Å². The number of hydrogen-bond donors (Lipinski definition) is 1. The van der Waals surface area contributed by atoms with E-state index in [1.54, 1.807) is 13.0 Å². The first kappa shape index (κ1) is 10.6. The van der Waals surface area contributed by atoms with Crippen LogP contribution in [0.1, 0.15) is 16.7 Å². The van der Waals surface area contributed by atoms with Crippen LogP contribution in [0.2, 0.25) is 5.02 Å². The maximum atomic E-state index is 10.5. The number of hydrogen-bond acceptors (Lipinski definition) is 2. The van der Waals surface area contributed by atoms with Gasteiger partial charge in [-0.25, -0.2) is 0 Å². The maximum Gasteiger partial charge on any atom is 0.307 e. The largest absolute Gasteiger partial charge is 0.481 e. The molecule has 0 spiro atoms. The third-order valence-corrected chi connectivity index (χ3v) is 2.20. The van der Waals surface area contributed by atoms with E-state index in [4.69, 9.17) is 22.0 Å². The van der Waals surface area contributed by atoms with E-state index < -0.39 is 5.97 Å². The number of carboxylic acids is 1. The second-order valence-corrected chi connectivity index (χ2v) is 3.35. The highest BCUT2D eigenvalue weighted by molar-refractivity contribution is 6.31. The molecule has 0 amide bonds. The van der Waals surface area contributed by atoms with Gasteiger partial charge in [-0.2, -0.15) is 5.26 Å². The molecular weight excluding hydrogens is 202 g/mol. The Kier molecular flexibility index (Phi) is 3.10. The lowest BCUT2D eigenvalue weighted by Gasteiger charge is -2.04. The summed E-state index contributed by atoms with van der Waals surface area (Å²) in [6, 6.07) is 5.04. The summed E-state index contributed by atoms with van der Waals surface area (Å²) in [4.78, 5) is 10.5. The third-order valence-electron chi connectivity index (χ3n) is 1.89. The molecule has 0 radical (unpaired) electrons. The first-order chi connectivity index (χ1) is 6.54. The highest BCUT2D eigenvalue weighted by atomic mass is 35.5. The summed E-state index contributed by atoms with van der Waals surface area (Å²) < 4.78 is 0. The molecule has 72 valence electrons. The van der Waals surface area contributed by atoms with Gasteiger partial charge in [0.1, 0.15) is 6.07 Å². The average molecular weight is 210 g/mol. The zero-order valence-electron chi connectivity index (χ0n) is 7.54. The average Bonchev–Trinajstić information content (AvgIpc) is 2.09. The lowest BCUT2D eigenvalue weighted by atomic mass is 10.0. The number of halogens is 1. The van der Waals surface area contributed by atoms with E-state index in [2.05, 4.69) is 0 Å². The molecule has 0 aliphatic heterocycles. The zero-order valence-corrected chi connectivity index (χ0v) is 8.30. The van der Waals surface area contributed by atoms with Crippen LogP contribution in [0.15, 0.2) is 12.1 Å². The fourth-order valence-electron chi connectivity index (χ4n) is 1.16. The van der Waals surface area contributed by atoms with Gasteiger partial charge in [0.2, 0.25) is 0 Å². The minimum atomic E-state index is -0.917. The number of aliphatic carboxylic acids is 1. The minimum absolute atomic E-state index is 0.0856. The number of aryl methyl sites for hydroxylation is 1. The summed E-state index contributed by atoms with van der Waals surface area (Å²) >= 11 is 5.77. The van der Waals surface area contributed by atoms with Crippen molar-refractivity contribution in [3.63, 3.8) is 0 Å². The Labute approximate surface area is 86.5 Å². The smallest absolute Gasteiger partial charge is 0.307 e. The summed E-state index contributed by atoms with van der Waals surface area (Å²) in [5.74, 6) is -0.917. The van der Waals surface area contributed by atoms with Crippen molar-refractivity contribution in [1.29, 1.82) is 5.26 Å². The van der Waals surface area contributed by atoms with Crippen molar-refractivity contribution in [3.8, 4) is 6.07 Å². The Balaban J connectivity index is 3.19. The highest BCUT2D eigenvalue weighted by Gasteiger charge is 2.08. The van der Waals surface area contributed by atoms with Crippen molar-refractivity contribution in [2.24, 2.45) is 0 Å². The second-order valence-electron chi connectivity index (χ2n) is 2.94. The molecule has 0 aromatic heterocycles. The van der Waals surface area contributed by atoms with Gasteiger partial charge in [-0.3, -0.25) is 4.79 Å². The fraction of sp³-hybridized carbons (Fsp3) is 0.200. The van der Waals surface area contributed by atoms with Crippen LogP contribution < -0.4 is 0 Å². The van der Waals surface area contributed by atoms with Crippen molar-refractivity contribution in [3.05, 3.63) is 33.8 Å². The van der Waals surface area contributed by atoms with Crippen LogP contribution in [0.25, 0.3) is 0 Å². The second kappa shape index (κ2) is 4.12. The van der Waals surface area contributed by atoms with Crippen molar-refractivity contribution >= 4 is 17.6 Å². The van der Waals surface area contributed by atoms with Gasteiger partial charge in [0.15, 0.2) is 0 Å². The van der Waals surface area contributed by atoms with Gasteiger partial charge in [-0.15, -0.1) is 0 Å². The Morgan fingerprint density at radius 1 is 1.64 bits per heavy atom. The molecule has 0 aliphatic rings. The maximum absolute atomic E-state index is 10.5. The molecule has 0 heterocycles. The quantitative estimate of drug-likeness (QED) is 0.812. The third kappa shape index (κ3) is 2.24. The van der Waals surface area contributed by atoms with Crippen molar-refractivity contribution in [2.45, 2.75) is 13.3 Å². The molecule has 0 saturated carbocycles. The molecular formula is C10H8ClNO2. The molecule has 0 aliphatic carbocycles. The number of carboxylic acid groups (broad SMARTS) is 1. The van der Waals surface area contributed by atoms with Gasteiger partial charge in [0, 0.05) is 0 Å². The predicted molar refractivity (Wildman–Crippen MR) is 52.2 cm³/mol. The van der Waals surface area contributed by atoms with Crippen LogP contribution in [0, 0.1) is 18.3 Å². The number of nitriles is 1. The first-order valence-corrected chi connectivity index (χ1v) is 4.33. The minimum Gasteiger partial charge on any atom is -0.481 e. The topological polar surface area (TPSA) is 61.1 Å². The van der Waals surface area contributed by atoms with Gasteiger partial charge in [-0.1, -0.05) is 11.6 Å². The summed E-state index contributed by atoms with van der Waals surface area (Å²) in [6.07, 6.45) is -0.0856. The molecule has 1 aromatic carbocycles. The molecule has 0 bridgehead atoms. The number of carbonyl (C=O) groups is 1. The molecule has 0 fully saturated rings. The van der Waals surface area contributed by atoms with E-state index in [0.29, 0.717) is 16.1 Å². The lowest BCUT2D eigenvalue weighted by Crippen LogP contribution is -2.02. The van der Waals surface area contributed by atoms with Crippen LogP contribution >= 0.6 is 11.6 Å². The van der Waals surface area contributed by atoms with E-state index in [9.17, 15) is 4.79 Å². The summed E-state index contributed by atoms with van der Waals surface area (Å²) in [5.41, 5.74) is 1.73. The SMILES string of the molecule is Cc1cc(Cl)c(C#N)cc1CC(=O)O. The van der Waals surface area contributed by atoms with Gasteiger partial charge in [-0.05, 0) is 30.2 Å². The number of rotatable bonds is 2. The van der Waals surface area contributed by atoms with Crippen LogP contribution in [-0.4, -0.2) is 11.1 Å². The molecule has 1 aromatic rings. The Morgan fingerprint density at radius 2 is 2.29 bits per heavy atom. The molecule has 0 unspecified atom stereocenters. The molecule has 1 N–H and O–H groups in total. The molecule has 1 rings (SSSR count). The number of benzene rings is 1. The van der Waals surface area contributed by atoms with E-state index in [1.807, 2.05) is 6.07 Å². The fourth-order valence-corrected chi connectivity index (χ4v) is 1.42. The highest BCUT2D eigenvalue weighted by Crippen LogP contribution is 2.20. The Morgan fingerprint density at radius 3 is 2.79 bits per heavy atom. The zero-order chi connectivity index (χ0) is 10.7. The standard InChI is InChI=1S/C10H8ClNO2/c1-6-2-9(11)8(5-12)3-7(6)4-10(13)14/h2-3H,4H2,1H3,(H,13,14). The van der Waals surface area contributed by atoms with Gasteiger partial charge >= 0.3 is 5.97 Å². The molecule has 0 atom stereocenters. The molecule has 14 heavy (non-hydrogen) atoms. The van der Waals surface area contributed by atoms with Crippen LogP contribution in [0.5, 0.6) is 0 Å². The van der Waals surface area contributed by atoms with Gasteiger partial charge < -0.3 is 5.11 Å².